The molecular weight excluding hydrogens is 440 g/mol. The summed E-state index contributed by atoms with van der Waals surface area (Å²) < 4.78 is 7.11. The maximum atomic E-state index is 13.9. The average Bonchev–Trinajstić information content (AvgIpc) is 3.49. The summed E-state index contributed by atoms with van der Waals surface area (Å²) in [4.78, 5) is 29.3. The molecule has 0 aliphatic carbocycles. The second-order valence-corrected chi connectivity index (χ2v) is 9.43. The number of anilines is 1. The quantitative estimate of drug-likeness (QED) is 0.456. The molecule has 1 N–H and O–H groups in total. The van der Waals surface area contributed by atoms with E-state index in [1.165, 1.54) is 0 Å². The molecule has 0 saturated carbocycles. The highest BCUT2D eigenvalue weighted by Gasteiger charge is 2.49. The average molecular weight is 469 g/mol. The first-order valence-electron chi connectivity index (χ1n) is 11.6. The third kappa shape index (κ3) is 4.03. The Labute approximate surface area is 204 Å². The van der Waals surface area contributed by atoms with Crippen LogP contribution in [0.25, 0.3) is 11.5 Å². The Kier molecular flexibility index (Phi) is 5.55. The predicted octanol–water partition coefficient (Wildman–Crippen LogP) is 4.80. The lowest BCUT2D eigenvalue weighted by Gasteiger charge is -2.43. The van der Waals surface area contributed by atoms with Gasteiger partial charge in [-0.25, -0.2) is 0 Å². The lowest BCUT2D eigenvalue weighted by molar-refractivity contribution is -0.126. The molecule has 178 valence electrons. The number of hydrogen-bond donors (Lipinski definition) is 1. The molecule has 0 bridgehead atoms. The number of aromatic nitrogens is 2. The number of benzene rings is 2. The summed E-state index contributed by atoms with van der Waals surface area (Å²) in [7, 11) is 0. The number of nitrogens with zero attached hydrogens (tertiary/aromatic N) is 3. The Morgan fingerprint density at radius 3 is 2.57 bits per heavy atom. The summed E-state index contributed by atoms with van der Waals surface area (Å²) >= 11 is 0. The zero-order chi connectivity index (χ0) is 24.7. The van der Waals surface area contributed by atoms with Crippen LogP contribution in [0.15, 0.2) is 71.3 Å². The van der Waals surface area contributed by atoms with E-state index in [1.54, 1.807) is 41.0 Å². The molecule has 0 saturated heterocycles. The molecule has 1 aliphatic heterocycles. The van der Waals surface area contributed by atoms with Crippen LogP contribution in [0.5, 0.6) is 0 Å². The lowest BCUT2D eigenvalue weighted by atomic mass is 9.92. The molecule has 3 heterocycles. The molecule has 1 aliphatic rings. The molecule has 2 amide bonds. The topological polar surface area (TPSA) is 80.4 Å². The van der Waals surface area contributed by atoms with Gasteiger partial charge in [-0.2, -0.15) is 5.10 Å². The Morgan fingerprint density at radius 1 is 1.06 bits per heavy atom. The van der Waals surface area contributed by atoms with Crippen molar-refractivity contribution >= 4 is 17.5 Å². The first-order valence-corrected chi connectivity index (χ1v) is 11.6. The van der Waals surface area contributed by atoms with Gasteiger partial charge in [0.05, 0.1) is 12.8 Å². The van der Waals surface area contributed by atoms with Crippen molar-refractivity contribution in [1.29, 1.82) is 0 Å². The zero-order valence-electron chi connectivity index (χ0n) is 20.3. The fourth-order valence-electron chi connectivity index (χ4n) is 4.75. The SMILES string of the molecule is Cc1cccc(CNC(=O)[C@@]2(C)Cn3nc(-c4ccco4)cc3C(=O)N2c2ccc(C)cc2C)c1. The second kappa shape index (κ2) is 8.58. The summed E-state index contributed by atoms with van der Waals surface area (Å²) in [6.45, 7) is 8.36. The van der Waals surface area contributed by atoms with Crippen LogP contribution in [0.3, 0.4) is 0 Å². The van der Waals surface area contributed by atoms with Gasteiger partial charge in [0.2, 0.25) is 5.91 Å². The highest BCUT2D eigenvalue weighted by molar-refractivity contribution is 6.12. The largest absolute Gasteiger partial charge is 0.463 e. The number of rotatable bonds is 5. The van der Waals surface area contributed by atoms with Gasteiger partial charge in [-0.3, -0.25) is 19.2 Å². The minimum absolute atomic E-state index is 0.210. The van der Waals surface area contributed by atoms with Crippen molar-refractivity contribution in [2.24, 2.45) is 0 Å². The van der Waals surface area contributed by atoms with E-state index in [9.17, 15) is 9.59 Å². The molecule has 35 heavy (non-hydrogen) atoms. The Balaban J connectivity index is 1.56. The van der Waals surface area contributed by atoms with E-state index in [4.69, 9.17) is 4.42 Å². The van der Waals surface area contributed by atoms with Crippen LogP contribution in [-0.2, 0) is 17.9 Å². The number of hydrogen-bond acceptors (Lipinski definition) is 4. The summed E-state index contributed by atoms with van der Waals surface area (Å²) in [6, 6.07) is 19.2. The third-order valence-corrected chi connectivity index (χ3v) is 6.54. The highest BCUT2D eigenvalue weighted by Crippen LogP contribution is 2.36. The molecule has 0 radical (unpaired) electrons. The van der Waals surface area contributed by atoms with E-state index in [1.807, 2.05) is 63.2 Å². The molecule has 2 aromatic heterocycles. The lowest BCUT2D eigenvalue weighted by Crippen LogP contribution is -2.64. The number of aryl methyl sites for hydroxylation is 3. The fraction of sp³-hybridized carbons (Fsp3) is 0.250. The van der Waals surface area contributed by atoms with Crippen LogP contribution in [0.2, 0.25) is 0 Å². The van der Waals surface area contributed by atoms with E-state index in [0.29, 0.717) is 29.4 Å². The Morgan fingerprint density at radius 2 is 1.86 bits per heavy atom. The maximum absolute atomic E-state index is 13.9. The van der Waals surface area contributed by atoms with Crippen LogP contribution in [0.1, 0.15) is 39.7 Å². The molecule has 2 aromatic carbocycles. The first kappa shape index (κ1) is 22.7. The van der Waals surface area contributed by atoms with Gasteiger partial charge in [-0.15, -0.1) is 0 Å². The van der Waals surface area contributed by atoms with Gasteiger partial charge in [-0.05, 0) is 57.0 Å². The van der Waals surface area contributed by atoms with E-state index in [2.05, 4.69) is 10.4 Å². The van der Waals surface area contributed by atoms with Crippen molar-refractivity contribution in [1.82, 2.24) is 15.1 Å². The molecule has 0 spiro atoms. The van der Waals surface area contributed by atoms with Crippen LogP contribution in [-0.4, -0.2) is 27.1 Å². The van der Waals surface area contributed by atoms with Crippen molar-refractivity contribution in [3.05, 3.63) is 94.9 Å². The van der Waals surface area contributed by atoms with Gasteiger partial charge >= 0.3 is 0 Å². The van der Waals surface area contributed by atoms with Crippen LogP contribution >= 0.6 is 0 Å². The first-order chi connectivity index (χ1) is 16.8. The molecule has 0 fully saturated rings. The minimum Gasteiger partial charge on any atom is -0.463 e. The molecule has 5 rings (SSSR count). The predicted molar refractivity (Wildman–Crippen MR) is 134 cm³/mol. The number of amides is 2. The number of fused-ring (bicyclic) bond motifs is 1. The van der Waals surface area contributed by atoms with E-state index < -0.39 is 5.54 Å². The summed E-state index contributed by atoms with van der Waals surface area (Å²) in [6.07, 6.45) is 1.57. The van der Waals surface area contributed by atoms with E-state index in [-0.39, 0.29) is 18.4 Å². The number of nitrogens with one attached hydrogen (secondary N) is 1. The van der Waals surface area contributed by atoms with Crippen molar-refractivity contribution in [2.45, 2.75) is 46.3 Å². The van der Waals surface area contributed by atoms with Crippen LogP contribution in [0, 0.1) is 20.8 Å². The standard InChI is InChI=1S/C28H28N4O3/c1-18-7-5-8-21(14-18)16-29-27(34)28(4)17-31-24(15-22(30-31)25-9-6-12-35-25)26(33)32(28)23-11-10-19(2)13-20(23)3/h5-15H,16-17H2,1-4H3,(H,29,34)/t28-/m1/s1. The smallest absolute Gasteiger partial charge is 0.277 e. The van der Waals surface area contributed by atoms with Gasteiger partial charge in [0, 0.05) is 18.3 Å². The van der Waals surface area contributed by atoms with E-state index in [0.717, 1.165) is 22.3 Å². The van der Waals surface area contributed by atoms with Gasteiger partial charge in [0.25, 0.3) is 5.91 Å². The molecular formula is C28H28N4O3. The van der Waals surface area contributed by atoms with Gasteiger partial charge in [0.1, 0.15) is 16.9 Å². The summed E-state index contributed by atoms with van der Waals surface area (Å²) in [5.41, 5.74) is 4.63. The highest BCUT2D eigenvalue weighted by atomic mass is 16.3. The normalized spacial score (nSPS) is 17.4. The Hall–Kier alpha value is -4.13. The Bertz CT molecular complexity index is 1420. The molecule has 4 aromatic rings. The fourth-order valence-corrected chi connectivity index (χ4v) is 4.75. The van der Waals surface area contributed by atoms with Gasteiger partial charge in [0.15, 0.2) is 5.76 Å². The van der Waals surface area contributed by atoms with Crippen LogP contribution in [0.4, 0.5) is 5.69 Å². The number of carbonyl (C=O) groups excluding carboxylic acids is 2. The van der Waals surface area contributed by atoms with Gasteiger partial charge < -0.3 is 9.73 Å². The molecule has 7 heteroatoms. The summed E-state index contributed by atoms with van der Waals surface area (Å²) in [5.74, 6) is 0.0538. The summed E-state index contributed by atoms with van der Waals surface area (Å²) in [5, 5.41) is 7.67. The monoisotopic (exact) mass is 468 g/mol. The minimum atomic E-state index is -1.19. The van der Waals surface area contributed by atoms with Crippen molar-refractivity contribution in [3.8, 4) is 11.5 Å². The van der Waals surface area contributed by atoms with Crippen LogP contribution < -0.4 is 10.2 Å². The number of carbonyl (C=O) groups is 2. The number of furan rings is 1. The van der Waals surface area contributed by atoms with Crippen molar-refractivity contribution in [2.75, 3.05) is 4.90 Å². The zero-order valence-corrected chi connectivity index (χ0v) is 20.3. The second-order valence-electron chi connectivity index (χ2n) is 9.43. The third-order valence-electron chi connectivity index (χ3n) is 6.54. The molecule has 0 unspecified atom stereocenters. The van der Waals surface area contributed by atoms with E-state index >= 15 is 0 Å². The molecule has 7 nitrogen and oxygen atoms in total. The molecule has 1 atom stereocenters. The van der Waals surface area contributed by atoms with Crippen molar-refractivity contribution < 1.29 is 14.0 Å². The maximum Gasteiger partial charge on any atom is 0.277 e. The van der Waals surface area contributed by atoms with Crippen molar-refractivity contribution in [3.63, 3.8) is 0 Å². The van der Waals surface area contributed by atoms with Gasteiger partial charge in [-0.1, -0.05) is 47.5 Å².